The van der Waals surface area contributed by atoms with Crippen LogP contribution in [0, 0.1) is 5.41 Å². The van der Waals surface area contributed by atoms with Gasteiger partial charge in [0.2, 0.25) is 5.91 Å². The van der Waals surface area contributed by atoms with Gasteiger partial charge in [0, 0.05) is 51.9 Å². The number of nitrogens with one attached hydrogen (secondary N) is 1. The Balaban J connectivity index is 1.45. The Morgan fingerprint density at radius 1 is 1.29 bits per heavy atom. The molecule has 24 heavy (non-hydrogen) atoms. The molecule has 0 saturated carbocycles. The largest absolute Gasteiger partial charge is 0.385 e. The van der Waals surface area contributed by atoms with Gasteiger partial charge in [0.15, 0.2) is 0 Å². The molecular formula is C19H29N3O2. The highest BCUT2D eigenvalue weighted by atomic mass is 16.5. The third-order valence-corrected chi connectivity index (χ3v) is 5.24. The number of hydrogen-bond donors (Lipinski definition) is 1. The molecule has 3 rings (SSSR count). The first-order valence-corrected chi connectivity index (χ1v) is 8.85. The van der Waals surface area contributed by atoms with Crippen molar-refractivity contribution in [2.45, 2.75) is 25.4 Å². The molecule has 0 aliphatic carbocycles. The normalized spacial score (nSPS) is 23.3. The highest BCUT2D eigenvalue weighted by Gasteiger charge is 2.51. The van der Waals surface area contributed by atoms with Gasteiger partial charge in [-0.3, -0.25) is 14.6 Å². The number of hydrogen-bond acceptors (Lipinski definition) is 4. The van der Waals surface area contributed by atoms with E-state index in [0.717, 1.165) is 39.0 Å². The molecule has 2 saturated heterocycles. The Hall–Kier alpha value is -1.43. The number of likely N-dealkylation sites (tertiary alicyclic amines) is 2. The van der Waals surface area contributed by atoms with Crippen molar-refractivity contribution < 1.29 is 9.53 Å². The second kappa shape index (κ2) is 7.64. The maximum Gasteiger partial charge on any atom is 0.237 e. The van der Waals surface area contributed by atoms with E-state index in [-0.39, 0.29) is 11.9 Å². The lowest BCUT2D eigenvalue weighted by Crippen LogP contribution is -2.56. The van der Waals surface area contributed by atoms with Gasteiger partial charge in [-0.2, -0.15) is 0 Å². The summed E-state index contributed by atoms with van der Waals surface area (Å²) < 4.78 is 5.02. The molecule has 2 fully saturated rings. The Morgan fingerprint density at radius 3 is 2.75 bits per heavy atom. The first kappa shape index (κ1) is 17.4. The molecule has 1 N–H and O–H groups in total. The second-order valence-electron chi connectivity index (χ2n) is 7.40. The predicted molar refractivity (Wildman–Crippen MR) is 94.7 cm³/mol. The summed E-state index contributed by atoms with van der Waals surface area (Å²) in [7, 11) is 3.77. The number of likely N-dealkylation sites (N-methyl/N-ethyl adjacent to an activating group) is 1. The van der Waals surface area contributed by atoms with Crippen molar-refractivity contribution in [2.24, 2.45) is 5.41 Å². The average Bonchev–Trinajstić information content (AvgIpc) is 2.90. The topological polar surface area (TPSA) is 44.8 Å². The first-order chi connectivity index (χ1) is 11.6. The first-order valence-electron chi connectivity index (χ1n) is 8.85. The Kier molecular flexibility index (Phi) is 5.54. The fraction of sp³-hybridized carbons (Fsp3) is 0.632. The van der Waals surface area contributed by atoms with Crippen molar-refractivity contribution in [3.63, 3.8) is 0 Å². The molecule has 1 spiro atoms. The molecule has 1 amide bonds. The van der Waals surface area contributed by atoms with Crippen molar-refractivity contribution in [1.82, 2.24) is 15.1 Å². The smallest absolute Gasteiger partial charge is 0.237 e. The molecule has 1 atom stereocenters. The molecule has 1 aromatic rings. The van der Waals surface area contributed by atoms with Crippen LogP contribution in [0.15, 0.2) is 30.3 Å². The minimum absolute atomic E-state index is 0.0198. The summed E-state index contributed by atoms with van der Waals surface area (Å²) in [4.78, 5) is 17.1. The highest BCUT2D eigenvalue weighted by Crippen LogP contribution is 2.42. The zero-order chi connectivity index (χ0) is 17.0. The monoisotopic (exact) mass is 331 g/mol. The van der Waals surface area contributed by atoms with E-state index in [1.807, 2.05) is 0 Å². The van der Waals surface area contributed by atoms with Crippen LogP contribution in [0.5, 0.6) is 0 Å². The van der Waals surface area contributed by atoms with Gasteiger partial charge >= 0.3 is 0 Å². The maximum absolute atomic E-state index is 12.4. The molecule has 2 heterocycles. The van der Waals surface area contributed by atoms with Gasteiger partial charge in [-0.05, 0) is 25.5 Å². The zero-order valence-corrected chi connectivity index (χ0v) is 14.8. The molecule has 5 nitrogen and oxygen atoms in total. The van der Waals surface area contributed by atoms with Crippen LogP contribution in [-0.2, 0) is 16.1 Å². The summed E-state index contributed by atoms with van der Waals surface area (Å²) in [5.74, 6) is 0.173. The second-order valence-corrected chi connectivity index (χ2v) is 7.40. The number of amides is 1. The lowest BCUT2D eigenvalue weighted by molar-refractivity contribution is -0.125. The number of ether oxygens (including phenoxy) is 1. The summed E-state index contributed by atoms with van der Waals surface area (Å²) in [6.45, 7) is 5.62. The van der Waals surface area contributed by atoms with Gasteiger partial charge in [0.1, 0.15) is 0 Å². The molecule has 0 radical (unpaired) electrons. The van der Waals surface area contributed by atoms with Crippen LogP contribution in [0.25, 0.3) is 0 Å². The lowest BCUT2D eigenvalue weighted by Gasteiger charge is -2.48. The van der Waals surface area contributed by atoms with E-state index in [1.165, 1.54) is 5.56 Å². The highest BCUT2D eigenvalue weighted by molar-refractivity contribution is 5.82. The molecule has 1 aromatic carbocycles. The quantitative estimate of drug-likeness (QED) is 0.766. The fourth-order valence-corrected chi connectivity index (χ4v) is 4.19. The van der Waals surface area contributed by atoms with Gasteiger partial charge in [0.25, 0.3) is 0 Å². The number of rotatable bonds is 7. The summed E-state index contributed by atoms with van der Waals surface area (Å²) in [6, 6.07) is 10.6. The van der Waals surface area contributed by atoms with E-state index in [9.17, 15) is 4.79 Å². The van der Waals surface area contributed by atoms with E-state index in [1.54, 1.807) is 7.11 Å². The molecule has 2 aliphatic rings. The molecule has 132 valence electrons. The number of methoxy groups -OCH3 is 1. The number of carbonyl (C=O) groups is 1. The maximum atomic E-state index is 12.4. The number of carbonyl (C=O) groups excluding carboxylic acids is 1. The van der Waals surface area contributed by atoms with E-state index < -0.39 is 0 Å². The minimum atomic E-state index is 0.0198. The van der Waals surface area contributed by atoms with Crippen LogP contribution < -0.4 is 5.32 Å². The number of benzene rings is 1. The molecular weight excluding hydrogens is 302 g/mol. The summed E-state index contributed by atoms with van der Waals surface area (Å²) in [5, 5.41) is 3.05. The predicted octanol–water partition coefficient (Wildman–Crippen LogP) is 1.35. The third kappa shape index (κ3) is 3.97. The van der Waals surface area contributed by atoms with Crippen LogP contribution in [0.3, 0.4) is 0 Å². The average molecular weight is 331 g/mol. The number of nitrogens with zero attached hydrogens (tertiary/aromatic N) is 2. The van der Waals surface area contributed by atoms with Crippen molar-refractivity contribution in [3.8, 4) is 0 Å². The lowest BCUT2D eigenvalue weighted by atomic mass is 9.77. The fourth-order valence-electron chi connectivity index (χ4n) is 4.19. The van der Waals surface area contributed by atoms with Crippen LogP contribution in [0.1, 0.15) is 18.4 Å². The van der Waals surface area contributed by atoms with Crippen molar-refractivity contribution in [3.05, 3.63) is 35.9 Å². The molecule has 1 unspecified atom stereocenters. The van der Waals surface area contributed by atoms with Crippen LogP contribution >= 0.6 is 0 Å². The summed E-state index contributed by atoms with van der Waals surface area (Å²) in [6.07, 6.45) is 1.85. The zero-order valence-electron chi connectivity index (χ0n) is 14.8. The van der Waals surface area contributed by atoms with Crippen LogP contribution in [0.4, 0.5) is 0 Å². The molecule has 2 aliphatic heterocycles. The van der Waals surface area contributed by atoms with Gasteiger partial charge in [0.05, 0.1) is 6.04 Å². The summed E-state index contributed by atoms with van der Waals surface area (Å²) in [5.41, 5.74) is 1.67. The van der Waals surface area contributed by atoms with Gasteiger partial charge in [-0.25, -0.2) is 0 Å². The van der Waals surface area contributed by atoms with Crippen molar-refractivity contribution in [2.75, 3.05) is 46.9 Å². The molecule has 5 heteroatoms. The molecule has 0 aromatic heterocycles. The van der Waals surface area contributed by atoms with E-state index in [4.69, 9.17) is 4.74 Å². The summed E-state index contributed by atoms with van der Waals surface area (Å²) >= 11 is 0. The van der Waals surface area contributed by atoms with Crippen LogP contribution in [0.2, 0.25) is 0 Å². The van der Waals surface area contributed by atoms with E-state index in [0.29, 0.717) is 18.6 Å². The Bertz CT molecular complexity index is 543. The Labute approximate surface area is 145 Å². The third-order valence-electron chi connectivity index (χ3n) is 5.24. The van der Waals surface area contributed by atoms with Gasteiger partial charge < -0.3 is 10.1 Å². The van der Waals surface area contributed by atoms with E-state index >= 15 is 0 Å². The molecule has 0 bridgehead atoms. The minimum Gasteiger partial charge on any atom is -0.385 e. The van der Waals surface area contributed by atoms with E-state index in [2.05, 4.69) is 52.5 Å². The SMILES string of the molecule is COCCCNC(=O)C1CC2(CN(Cc3ccccc3)C2)CN1C. The Morgan fingerprint density at radius 2 is 2.04 bits per heavy atom. The van der Waals surface area contributed by atoms with Crippen LogP contribution in [-0.4, -0.2) is 68.7 Å². The standard InChI is InChI=1S/C19H29N3O2/c1-21-13-19(11-17(21)18(23)20-9-6-10-24-2)14-22(15-19)12-16-7-4-3-5-8-16/h3-5,7-8,17H,6,9-15H2,1-2H3,(H,20,23). The van der Waals surface area contributed by atoms with Crippen molar-refractivity contribution >= 4 is 5.91 Å². The van der Waals surface area contributed by atoms with Crippen molar-refractivity contribution in [1.29, 1.82) is 0 Å². The van der Waals surface area contributed by atoms with Gasteiger partial charge in [-0.1, -0.05) is 30.3 Å². The van der Waals surface area contributed by atoms with Gasteiger partial charge in [-0.15, -0.1) is 0 Å².